The van der Waals surface area contributed by atoms with E-state index in [1.807, 2.05) is 42.5 Å². The number of hydrogen-bond acceptors (Lipinski definition) is 4. The molecule has 1 amide bonds. The third kappa shape index (κ3) is 5.78. The molecule has 0 bridgehead atoms. The molecule has 0 radical (unpaired) electrons. The zero-order chi connectivity index (χ0) is 23.9. The molecular formula is C27H30ClN4O2+. The Morgan fingerprint density at radius 1 is 1.06 bits per heavy atom. The van der Waals surface area contributed by atoms with Crippen molar-refractivity contribution in [1.29, 1.82) is 0 Å². The number of nitrogens with zero attached hydrogens (tertiary/aromatic N) is 1. The van der Waals surface area contributed by atoms with Gasteiger partial charge in [0.05, 0.1) is 31.4 Å². The third-order valence-electron chi connectivity index (χ3n) is 5.91. The summed E-state index contributed by atoms with van der Waals surface area (Å²) in [6.45, 7) is 4.99. The van der Waals surface area contributed by atoms with Gasteiger partial charge in [0.15, 0.2) is 0 Å². The number of benzene rings is 3. The van der Waals surface area contributed by atoms with Crippen LogP contribution in [0.1, 0.15) is 6.92 Å². The monoisotopic (exact) mass is 477 g/mol. The summed E-state index contributed by atoms with van der Waals surface area (Å²) in [5, 5.41) is 5.80. The van der Waals surface area contributed by atoms with Gasteiger partial charge in [-0.25, -0.2) is 0 Å². The van der Waals surface area contributed by atoms with E-state index in [-0.39, 0.29) is 24.3 Å². The molecule has 34 heavy (non-hydrogen) atoms. The van der Waals surface area contributed by atoms with Crippen LogP contribution in [-0.4, -0.2) is 43.0 Å². The Morgan fingerprint density at radius 2 is 1.74 bits per heavy atom. The molecule has 0 saturated carbocycles. The zero-order valence-corrected chi connectivity index (χ0v) is 20.0. The average Bonchev–Trinajstić information content (AvgIpc) is 2.87. The molecule has 0 aliphatic carbocycles. The molecule has 1 aliphatic heterocycles. The van der Waals surface area contributed by atoms with Crippen molar-refractivity contribution >= 4 is 23.2 Å². The topological polar surface area (TPSA) is 84.2 Å². The van der Waals surface area contributed by atoms with E-state index in [1.54, 1.807) is 24.3 Å². The third-order valence-corrected chi connectivity index (χ3v) is 6.16. The predicted octanol–water partition coefficient (Wildman–Crippen LogP) is 3.46. The standard InChI is InChI=1S/C27H29ClN4O2/c1-19-18-30-15-16-32(19)25(17-29)26(27(33)31-23-11-9-22(28)10-12-23)34-24-13-7-21(8-14-24)20-5-3-2-4-6-20/h2-14,19,30H,15-18,29H2,1H3,(H,31,33)/p+1/b26-25-. The molecule has 3 aromatic rings. The number of anilines is 1. The van der Waals surface area contributed by atoms with E-state index in [1.165, 1.54) is 0 Å². The highest BCUT2D eigenvalue weighted by molar-refractivity contribution is 6.30. The lowest BCUT2D eigenvalue weighted by atomic mass is 10.1. The van der Waals surface area contributed by atoms with Crippen molar-refractivity contribution in [2.24, 2.45) is 5.73 Å². The summed E-state index contributed by atoms with van der Waals surface area (Å²) in [6.07, 6.45) is 0. The molecule has 1 aliphatic rings. The Bertz CT molecular complexity index is 1130. The van der Waals surface area contributed by atoms with Crippen LogP contribution in [0.4, 0.5) is 5.69 Å². The Balaban J connectivity index is 1.65. The van der Waals surface area contributed by atoms with Gasteiger partial charge in [0.25, 0.3) is 5.91 Å². The number of piperazine rings is 1. The molecule has 7 heteroatoms. The molecule has 1 heterocycles. The minimum Gasteiger partial charge on any atom is -0.450 e. The summed E-state index contributed by atoms with van der Waals surface area (Å²) in [4.78, 5) is 15.6. The van der Waals surface area contributed by atoms with Crippen molar-refractivity contribution < 1.29 is 14.8 Å². The average molecular weight is 478 g/mol. The number of carbonyl (C=O) groups is 1. The van der Waals surface area contributed by atoms with E-state index >= 15 is 0 Å². The second-order valence-corrected chi connectivity index (χ2v) is 8.73. The number of nitrogens with two attached hydrogens (primary N) is 2. The first kappa shape index (κ1) is 23.8. The number of hydrogen-bond donors (Lipinski definition) is 3. The predicted molar refractivity (Wildman–Crippen MR) is 136 cm³/mol. The quantitative estimate of drug-likeness (QED) is 0.359. The SMILES string of the molecule is CC1C[NH2+]CCN1/C(CN)=C(\Oc1ccc(-c2ccccc2)cc1)C(=O)Nc1ccc(Cl)cc1. The first-order chi connectivity index (χ1) is 16.5. The van der Waals surface area contributed by atoms with Crippen LogP contribution < -0.4 is 21.1 Å². The molecule has 1 saturated heterocycles. The van der Waals surface area contributed by atoms with E-state index in [9.17, 15) is 4.79 Å². The van der Waals surface area contributed by atoms with Crippen LogP contribution in [0.5, 0.6) is 5.75 Å². The number of halogens is 1. The number of rotatable bonds is 7. The van der Waals surface area contributed by atoms with Crippen molar-refractivity contribution in [3.63, 3.8) is 0 Å². The minimum absolute atomic E-state index is 0.190. The fraction of sp³-hybridized carbons (Fsp3) is 0.222. The molecule has 176 valence electrons. The van der Waals surface area contributed by atoms with Gasteiger partial charge < -0.3 is 26.0 Å². The highest BCUT2D eigenvalue weighted by Gasteiger charge is 2.28. The molecule has 1 fully saturated rings. The summed E-state index contributed by atoms with van der Waals surface area (Å²) in [7, 11) is 0. The van der Waals surface area contributed by atoms with Crippen LogP contribution in [-0.2, 0) is 4.79 Å². The van der Waals surface area contributed by atoms with Gasteiger partial charge in [0.1, 0.15) is 5.75 Å². The highest BCUT2D eigenvalue weighted by atomic mass is 35.5. The lowest BCUT2D eigenvalue weighted by Gasteiger charge is -2.35. The summed E-state index contributed by atoms with van der Waals surface area (Å²) in [6, 6.07) is 25.0. The van der Waals surface area contributed by atoms with E-state index < -0.39 is 0 Å². The Kier molecular flexibility index (Phi) is 7.85. The number of quaternary nitrogens is 1. The first-order valence-corrected chi connectivity index (χ1v) is 11.8. The summed E-state index contributed by atoms with van der Waals surface area (Å²) >= 11 is 5.99. The number of nitrogens with one attached hydrogen (secondary N) is 1. The van der Waals surface area contributed by atoms with Crippen molar-refractivity contribution in [3.8, 4) is 16.9 Å². The van der Waals surface area contributed by atoms with Crippen LogP contribution in [0.2, 0.25) is 5.02 Å². The Morgan fingerprint density at radius 3 is 2.38 bits per heavy atom. The molecule has 6 nitrogen and oxygen atoms in total. The Labute approximate surface area is 205 Å². The van der Waals surface area contributed by atoms with Crippen LogP contribution >= 0.6 is 11.6 Å². The van der Waals surface area contributed by atoms with Gasteiger partial charge in [-0.1, -0.05) is 54.1 Å². The van der Waals surface area contributed by atoms with Gasteiger partial charge in [-0.15, -0.1) is 0 Å². The highest BCUT2D eigenvalue weighted by Crippen LogP contribution is 2.25. The van der Waals surface area contributed by atoms with Gasteiger partial charge in [-0.3, -0.25) is 4.79 Å². The fourth-order valence-corrected chi connectivity index (χ4v) is 4.23. The lowest BCUT2D eigenvalue weighted by molar-refractivity contribution is -0.667. The minimum atomic E-state index is -0.350. The van der Waals surface area contributed by atoms with Gasteiger partial charge in [0, 0.05) is 17.3 Å². The summed E-state index contributed by atoms with van der Waals surface area (Å²) in [5.41, 5.74) is 9.70. The van der Waals surface area contributed by atoms with E-state index in [4.69, 9.17) is 22.1 Å². The molecule has 1 unspecified atom stereocenters. The zero-order valence-electron chi connectivity index (χ0n) is 19.2. The van der Waals surface area contributed by atoms with Gasteiger partial charge in [0.2, 0.25) is 5.76 Å². The van der Waals surface area contributed by atoms with Crippen molar-refractivity contribution in [3.05, 3.63) is 95.3 Å². The van der Waals surface area contributed by atoms with Gasteiger partial charge in [-0.05, 0) is 54.4 Å². The summed E-state index contributed by atoms with van der Waals surface area (Å²) < 4.78 is 6.23. The van der Waals surface area contributed by atoms with E-state index in [0.717, 1.165) is 30.8 Å². The number of ether oxygens (including phenoxy) is 1. The normalized spacial score (nSPS) is 16.6. The van der Waals surface area contributed by atoms with Crippen LogP contribution in [0.25, 0.3) is 11.1 Å². The molecule has 0 spiro atoms. The Hall–Kier alpha value is -3.32. The molecule has 1 atom stereocenters. The molecular weight excluding hydrogens is 448 g/mol. The lowest BCUT2D eigenvalue weighted by Crippen LogP contribution is -2.91. The van der Waals surface area contributed by atoms with Crippen molar-refractivity contribution in [2.75, 3.05) is 31.5 Å². The first-order valence-electron chi connectivity index (χ1n) is 11.5. The van der Waals surface area contributed by atoms with E-state index in [2.05, 4.69) is 34.6 Å². The maximum absolute atomic E-state index is 13.4. The molecule has 0 aromatic heterocycles. The maximum Gasteiger partial charge on any atom is 0.293 e. The second-order valence-electron chi connectivity index (χ2n) is 8.29. The van der Waals surface area contributed by atoms with Crippen LogP contribution in [0.15, 0.2) is 90.3 Å². The van der Waals surface area contributed by atoms with Gasteiger partial charge >= 0.3 is 0 Å². The van der Waals surface area contributed by atoms with E-state index in [0.29, 0.717) is 22.2 Å². The number of amides is 1. The van der Waals surface area contributed by atoms with Crippen LogP contribution in [0.3, 0.4) is 0 Å². The smallest absolute Gasteiger partial charge is 0.293 e. The molecule has 3 aromatic carbocycles. The summed E-state index contributed by atoms with van der Waals surface area (Å²) in [5.74, 6) is 0.429. The largest absolute Gasteiger partial charge is 0.450 e. The fourth-order valence-electron chi connectivity index (χ4n) is 4.10. The maximum atomic E-state index is 13.4. The number of carbonyl (C=O) groups excluding carboxylic acids is 1. The van der Waals surface area contributed by atoms with Crippen molar-refractivity contribution in [2.45, 2.75) is 13.0 Å². The van der Waals surface area contributed by atoms with Gasteiger partial charge in [-0.2, -0.15) is 0 Å². The van der Waals surface area contributed by atoms with Crippen LogP contribution in [0, 0.1) is 0 Å². The molecule has 5 N–H and O–H groups in total. The van der Waals surface area contributed by atoms with Crippen molar-refractivity contribution in [1.82, 2.24) is 4.90 Å². The molecule has 4 rings (SSSR count). The second kappa shape index (κ2) is 11.2.